The van der Waals surface area contributed by atoms with E-state index >= 15 is 0 Å². The van der Waals surface area contributed by atoms with E-state index in [9.17, 15) is 0 Å². The van der Waals surface area contributed by atoms with Crippen LogP contribution in [0.2, 0.25) is 0 Å². The molecule has 1 unspecified atom stereocenters. The van der Waals surface area contributed by atoms with Crippen molar-refractivity contribution in [3.63, 3.8) is 0 Å². The minimum absolute atomic E-state index is 0.545. The Balaban J connectivity index is 2.07. The van der Waals surface area contributed by atoms with Crippen LogP contribution < -0.4 is 5.32 Å². The molecule has 1 N–H and O–H groups in total. The van der Waals surface area contributed by atoms with E-state index in [4.69, 9.17) is 0 Å². The van der Waals surface area contributed by atoms with Crippen LogP contribution in [0.4, 0.5) is 0 Å². The largest absolute Gasteiger partial charge is 0.312 e. The Bertz CT molecular complexity index is 330. The Morgan fingerprint density at radius 2 is 2.33 bits per heavy atom. The van der Waals surface area contributed by atoms with Crippen molar-refractivity contribution in [1.82, 2.24) is 5.32 Å². The first kappa shape index (κ1) is 11.6. The van der Waals surface area contributed by atoms with Gasteiger partial charge in [0.2, 0.25) is 0 Å². The molecule has 3 heteroatoms. The third-order valence-electron chi connectivity index (χ3n) is 3.30. The fourth-order valence-electron chi connectivity index (χ4n) is 2.16. The quantitative estimate of drug-likeness (QED) is 0.872. The molecule has 2 rings (SSSR count). The van der Waals surface area contributed by atoms with Gasteiger partial charge in [0.1, 0.15) is 0 Å². The molecule has 0 spiro atoms. The molecule has 0 radical (unpaired) electrons. The standard InChI is InChI=1S/C12H18BrNS/c1-8-6-10(13)12(15-8)11(14-2)7-9-4-3-5-9/h6,9,11,14H,3-5,7H2,1-2H3. The fourth-order valence-corrected chi connectivity index (χ4v) is 4.21. The highest BCUT2D eigenvalue weighted by atomic mass is 79.9. The van der Waals surface area contributed by atoms with E-state index in [1.165, 1.54) is 39.9 Å². The summed E-state index contributed by atoms with van der Waals surface area (Å²) >= 11 is 5.57. The second-order valence-electron chi connectivity index (χ2n) is 4.44. The molecular weight excluding hydrogens is 270 g/mol. The van der Waals surface area contributed by atoms with Crippen LogP contribution in [-0.2, 0) is 0 Å². The summed E-state index contributed by atoms with van der Waals surface area (Å²) in [6.45, 7) is 2.18. The second kappa shape index (κ2) is 4.98. The molecule has 0 bridgehead atoms. The van der Waals surface area contributed by atoms with Crippen molar-refractivity contribution in [2.45, 2.75) is 38.6 Å². The van der Waals surface area contributed by atoms with Crippen molar-refractivity contribution in [2.24, 2.45) is 5.92 Å². The van der Waals surface area contributed by atoms with Gasteiger partial charge in [0.25, 0.3) is 0 Å². The van der Waals surface area contributed by atoms with Gasteiger partial charge in [-0.2, -0.15) is 0 Å². The van der Waals surface area contributed by atoms with Crippen molar-refractivity contribution in [2.75, 3.05) is 7.05 Å². The Kier molecular flexibility index (Phi) is 3.86. The average molecular weight is 288 g/mol. The zero-order chi connectivity index (χ0) is 10.8. The SMILES string of the molecule is CNC(CC1CCC1)c1sc(C)cc1Br. The lowest BCUT2D eigenvalue weighted by atomic mass is 9.80. The first-order valence-electron chi connectivity index (χ1n) is 5.63. The summed E-state index contributed by atoms with van der Waals surface area (Å²) in [4.78, 5) is 2.87. The minimum atomic E-state index is 0.545. The molecule has 1 fully saturated rings. The number of hydrogen-bond donors (Lipinski definition) is 1. The molecule has 84 valence electrons. The van der Waals surface area contributed by atoms with Crippen LogP contribution in [0.5, 0.6) is 0 Å². The van der Waals surface area contributed by atoms with Gasteiger partial charge in [-0.3, -0.25) is 0 Å². The molecule has 0 aliphatic heterocycles. The van der Waals surface area contributed by atoms with Gasteiger partial charge in [-0.25, -0.2) is 0 Å². The van der Waals surface area contributed by atoms with Crippen LogP contribution in [0.3, 0.4) is 0 Å². The number of nitrogens with one attached hydrogen (secondary N) is 1. The Morgan fingerprint density at radius 1 is 1.60 bits per heavy atom. The zero-order valence-electron chi connectivity index (χ0n) is 9.35. The summed E-state index contributed by atoms with van der Waals surface area (Å²) in [6, 6.07) is 2.77. The van der Waals surface area contributed by atoms with E-state index in [0.29, 0.717) is 6.04 Å². The molecule has 1 aliphatic rings. The van der Waals surface area contributed by atoms with Gasteiger partial charge >= 0.3 is 0 Å². The molecular formula is C12H18BrNS. The molecule has 0 saturated heterocycles. The topological polar surface area (TPSA) is 12.0 Å². The second-order valence-corrected chi connectivity index (χ2v) is 6.59. The number of thiophene rings is 1. The molecule has 1 atom stereocenters. The highest BCUT2D eigenvalue weighted by Gasteiger charge is 2.24. The van der Waals surface area contributed by atoms with Gasteiger partial charge < -0.3 is 5.32 Å². The Hall–Kier alpha value is 0.140. The molecule has 15 heavy (non-hydrogen) atoms. The van der Waals surface area contributed by atoms with Gasteiger partial charge in [0.15, 0.2) is 0 Å². The first-order chi connectivity index (χ1) is 7.20. The van der Waals surface area contributed by atoms with Crippen LogP contribution in [-0.4, -0.2) is 7.05 Å². The number of hydrogen-bond acceptors (Lipinski definition) is 2. The van der Waals surface area contributed by atoms with Crippen molar-refractivity contribution in [3.05, 3.63) is 20.3 Å². The lowest BCUT2D eigenvalue weighted by Gasteiger charge is -2.29. The summed E-state index contributed by atoms with van der Waals surface area (Å²) in [5.41, 5.74) is 0. The van der Waals surface area contributed by atoms with Crippen LogP contribution in [0.1, 0.15) is 41.5 Å². The molecule has 0 aromatic carbocycles. The molecule has 1 aliphatic carbocycles. The normalized spacial score (nSPS) is 18.9. The van der Waals surface area contributed by atoms with Crippen molar-refractivity contribution in [3.8, 4) is 0 Å². The van der Waals surface area contributed by atoms with Crippen molar-refractivity contribution >= 4 is 27.3 Å². The lowest BCUT2D eigenvalue weighted by molar-refractivity contribution is 0.267. The lowest BCUT2D eigenvalue weighted by Crippen LogP contribution is -2.22. The Morgan fingerprint density at radius 3 is 2.73 bits per heavy atom. The summed E-state index contributed by atoms with van der Waals surface area (Å²) in [5.74, 6) is 0.955. The zero-order valence-corrected chi connectivity index (χ0v) is 11.7. The van der Waals surface area contributed by atoms with Gasteiger partial charge in [-0.05, 0) is 48.3 Å². The maximum atomic E-state index is 3.66. The maximum absolute atomic E-state index is 3.66. The monoisotopic (exact) mass is 287 g/mol. The molecule has 1 heterocycles. The highest BCUT2D eigenvalue weighted by Crippen LogP contribution is 2.39. The number of rotatable bonds is 4. The minimum Gasteiger partial charge on any atom is -0.312 e. The highest BCUT2D eigenvalue weighted by molar-refractivity contribution is 9.10. The molecule has 1 nitrogen and oxygen atoms in total. The van der Waals surface area contributed by atoms with Crippen LogP contribution >= 0.6 is 27.3 Å². The first-order valence-corrected chi connectivity index (χ1v) is 7.24. The smallest absolute Gasteiger partial charge is 0.0426 e. The van der Waals surface area contributed by atoms with Gasteiger partial charge in [-0.15, -0.1) is 11.3 Å². The fraction of sp³-hybridized carbons (Fsp3) is 0.667. The van der Waals surface area contributed by atoms with E-state index in [1.54, 1.807) is 0 Å². The maximum Gasteiger partial charge on any atom is 0.0426 e. The molecule has 1 aromatic heterocycles. The van der Waals surface area contributed by atoms with Crippen molar-refractivity contribution < 1.29 is 0 Å². The Labute approximate surface area is 104 Å². The van der Waals surface area contributed by atoms with Gasteiger partial charge in [0, 0.05) is 20.3 Å². The summed E-state index contributed by atoms with van der Waals surface area (Å²) < 4.78 is 1.28. The van der Waals surface area contributed by atoms with E-state index in [1.807, 2.05) is 11.3 Å². The van der Waals surface area contributed by atoms with Crippen LogP contribution in [0.25, 0.3) is 0 Å². The molecule has 0 amide bonds. The van der Waals surface area contributed by atoms with Crippen LogP contribution in [0, 0.1) is 12.8 Å². The third-order valence-corrected chi connectivity index (χ3v) is 5.38. The summed E-state index contributed by atoms with van der Waals surface area (Å²) in [6.07, 6.45) is 5.60. The van der Waals surface area contributed by atoms with E-state index < -0.39 is 0 Å². The van der Waals surface area contributed by atoms with Gasteiger partial charge in [0.05, 0.1) is 0 Å². The molecule has 1 saturated carbocycles. The van der Waals surface area contributed by atoms with Crippen molar-refractivity contribution in [1.29, 1.82) is 0 Å². The summed E-state index contributed by atoms with van der Waals surface area (Å²) in [5, 5.41) is 3.45. The number of halogens is 1. The van der Waals surface area contributed by atoms with Gasteiger partial charge in [-0.1, -0.05) is 19.3 Å². The summed E-state index contributed by atoms with van der Waals surface area (Å²) in [7, 11) is 2.07. The van der Waals surface area contributed by atoms with E-state index in [2.05, 4.69) is 41.3 Å². The third kappa shape index (κ3) is 2.63. The van der Waals surface area contributed by atoms with Crippen LogP contribution in [0.15, 0.2) is 10.5 Å². The van der Waals surface area contributed by atoms with E-state index in [0.717, 1.165) is 5.92 Å². The predicted molar refractivity (Wildman–Crippen MR) is 70.5 cm³/mol. The predicted octanol–water partition coefficient (Wildman–Crippen LogP) is 4.27. The molecule has 1 aromatic rings. The average Bonchev–Trinajstić information content (AvgIpc) is 2.44. The number of aryl methyl sites for hydroxylation is 1. The van der Waals surface area contributed by atoms with E-state index in [-0.39, 0.29) is 0 Å².